The van der Waals surface area contributed by atoms with Crippen molar-refractivity contribution < 1.29 is 14.6 Å². The molecule has 1 saturated heterocycles. The zero-order valence-corrected chi connectivity index (χ0v) is 11.1. The topological polar surface area (TPSA) is 49.8 Å². The molecule has 0 saturated carbocycles. The average molecular weight is 290 g/mol. The molecule has 1 fully saturated rings. The summed E-state index contributed by atoms with van der Waals surface area (Å²) in [4.78, 5) is 14.0. The second kappa shape index (κ2) is 5.89. The standard InChI is InChI=1S/C12H13Cl2NO3/c13-9-2-1-3-10(14)11(9)12(17)15-4-5-18-7-8(15)6-16/h1-3,8,16H,4-7H2. The first kappa shape index (κ1) is 13.6. The van der Waals surface area contributed by atoms with Gasteiger partial charge in [0.25, 0.3) is 5.91 Å². The smallest absolute Gasteiger partial charge is 0.257 e. The zero-order chi connectivity index (χ0) is 13.1. The lowest BCUT2D eigenvalue weighted by atomic mass is 10.1. The van der Waals surface area contributed by atoms with Crippen molar-refractivity contribution >= 4 is 29.1 Å². The number of aliphatic hydroxyl groups excluding tert-OH is 1. The third-order valence-electron chi connectivity index (χ3n) is 2.88. The minimum atomic E-state index is -0.349. The molecular weight excluding hydrogens is 277 g/mol. The molecule has 1 heterocycles. The summed E-state index contributed by atoms with van der Waals surface area (Å²) in [5.41, 5.74) is 0.279. The van der Waals surface area contributed by atoms with Crippen LogP contribution in [0.25, 0.3) is 0 Å². The SMILES string of the molecule is O=C(c1c(Cl)cccc1Cl)N1CCOCC1CO. The predicted octanol–water partition coefficient (Wildman–Crippen LogP) is 1.83. The van der Waals surface area contributed by atoms with Crippen LogP contribution in [0.4, 0.5) is 0 Å². The van der Waals surface area contributed by atoms with Gasteiger partial charge in [0.1, 0.15) is 0 Å². The number of carbonyl (C=O) groups is 1. The molecule has 0 aromatic heterocycles. The van der Waals surface area contributed by atoms with Gasteiger partial charge in [-0.15, -0.1) is 0 Å². The van der Waals surface area contributed by atoms with E-state index in [0.717, 1.165) is 0 Å². The van der Waals surface area contributed by atoms with E-state index in [-0.39, 0.29) is 24.1 Å². The summed E-state index contributed by atoms with van der Waals surface area (Å²) in [7, 11) is 0. The molecule has 18 heavy (non-hydrogen) atoms. The van der Waals surface area contributed by atoms with Crippen LogP contribution in [0.1, 0.15) is 10.4 Å². The molecule has 0 radical (unpaired) electrons. The van der Waals surface area contributed by atoms with Gasteiger partial charge >= 0.3 is 0 Å². The lowest BCUT2D eigenvalue weighted by molar-refractivity contribution is -0.0183. The molecule has 1 unspecified atom stereocenters. The summed E-state index contributed by atoms with van der Waals surface area (Å²) in [6, 6.07) is 4.58. The molecular formula is C12H13Cl2NO3. The summed E-state index contributed by atoms with van der Waals surface area (Å²) in [5.74, 6) is -0.270. The Hall–Kier alpha value is -0.810. The molecule has 1 amide bonds. The number of halogens is 2. The Bertz CT molecular complexity index is 433. The van der Waals surface area contributed by atoms with E-state index in [0.29, 0.717) is 29.8 Å². The van der Waals surface area contributed by atoms with Crippen molar-refractivity contribution in [1.29, 1.82) is 0 Å². The van der Waals surface area contributed by atoms with E-state index in [2.05, 4.69) is 0 Å². The average Bonchev–Trinajstić information content (AvgIpc) is 2.38. The zero-order valence-electron chi connectivity index (χ0n) is 9.60. The van der Waals surface area contributed by atoms with Crippen molar-refractivity contribution in [2.45, 2.75) is 6.04 Å². The first-order chi connectivity index (χ1) is 8.65. The van der Waals surface area contributed by atoms with Crippen LogP contribution >= 0.6 is 23.2 Å². The molecule has 1 aromatic carbocycles. The van der Waals surface area contributed by atoms with E-state index < -0.39 is 0 Å². The van der Waals surface area contributed by atoms with Gasteiger partial charge in [0.05, 0.1) is 41.5 Å². The van der Waals surface area contributed by atoms with Crippen LogP contribution in [0.5, 0.6) is 0 Å². The van der Waals surface area contributed by atoms with Crippen molar-refractivity contribution in [3.05, 3.63) is 33.8 Å². The first-order valence-electron chi connectivity index (χ1n) is 5.58. The van der Waals surface area contributed by atoms with Gasteiger partial charge in [0.2, 0.25) is 0 Å². The highest BCUT2D eigenvalue weighted by Gasteiger charge is 2.29. The second-order valence-electron chi connectivity index (χ2n) is 4.01. The fourth-order valence-electron chi connectivity index (χ4n) is 1.92. The number of hydrogen-bond acceptors (Lipinski definition) is 3. The maximum absolute atomic E-state index is 12.4. The van der Waals surface area contributed by atoms with Crippen molar-refractivity contribution in [2.75, 3.05) is 26.4 Å². The van der Waals surface area contributed by atoms with E-state index in [1.54, 1.807) is 23.1 Å². The number of carbonyl (C=O) groups excluding carboxylic acids is 1. The molecule has 1 aliphatic rings. The van der Waals surface area contributed by atoms with Crippen LogP contribution < -0.4 is 0 Å². The molecule has 98 valence electrons. The third kappa shape index (κ3) is 2.62. The molecule has 1 aromatic rings. The summed E-state index contributed by atoms with van der Waals surface area (Å²) in [6.45, 7) is 1.05. The maximum Gasteiger partial charge on any atom is 0.257 e. The van der Waals surface area contributed by atoms with Gasteiger partial charge in [-0.2, -0.15) is 0 Å². The minimum Gasteiger partial charge on any atom is -0.394 e. The minimum absolute atomic E-state index is 0.145. The van der Waals surface area contributed by atoms with Gasteiger partial charge < -0.3 is 14.7 Å². The number of amides is 1. The number of hydrogen-bond donors (Lipinski definition) is 1. The highest BCUT2D eigenvalue weighted by atomic mass is 35.5. The second-order valence-corrected chi connectivity index (χ2v) is 4.82. The van der Waals surface area contributed by atoms with Crippen LogP contribution in [0.2, 0.25) is 10.0 Å². The Kier molecular flexibility index (Phi) is 4.45. The molecule has 2 rings (SSSR count). The molecule has 0 aliphatic carbocycles. The van der Waals surface area contributed by atoms with E-state index in [4.69, 9.17) is 27.9 Å². The lowest BCUT2D eigenvalue weighted by Gasteiger charge is -2.34. The highest BCUT2D eigenvalue weighted by molar-refractivity contribution is 6.39. The lowest BCUT2D eigenvalue weighted by Crippen LogP contribution is -2.50. The number of aliphatic hydroxyl groups is 1. The van der Waals surface area contributed by atoms with Crippen LogP contribution in [0, 0.1) is 0 Å². The van der Waals surface area contributed by atoms with Crippen LogP contribution in [-0.2, 0) is 4.74 Å². The van der Waals surface area contributed by atoms with Crippen LogP contribution in [0.3, 0.4) is 0 Å². The third-order valence-corrected chi connectivity index (χ3v) is 3.51. The Morgan fingerprint density at radius 3 is 2.72 bits per heavy atom. The molecule has 0 bridgehead atoms. The first-order valence-corrected chi connectivity index (χ1v) is 6.34. The van der Waals surface area contributed by atoms with Crippen LogP contribution in [0.15, 0.2) is 18.2 Å². The Balaban J connectivity index is 2.30. The van der Waals surface area contributed by atoms with E-state index in [1.165, 1.54) is 0 Å². The largest absolute Gasteiger partial charge is 0.394 e. The number of morpholine rings is 1. The number of benzene rings is 1. The normalized spacial score (nSPS) is 19.9. The summed E-state index contributed by atoms with van der Waals surface area (Å²) < 4.78 is 5.23. The number of nitrogens with zero attached hydrogens (tertiary/aromatic N) is 1. The molecule has 0 spiro atoms. The monoisotopic (exact) mass is 289 g/mol. The van der Waals surface area contributed by atoms with Gasteiger partial charge in [-0.3, -0.25) is 4.79 Å². The Morgan fingerprint density at radius 2 is 2.11 bits per heavy atom. The van der Waals surface area contributed by atoms with Gasteiger partial charge in [-0.1, -0.05) is 29.3 Å². The summed E-state index contributed by atoms with van der Waals surface area (Å²) in [6.07, 6.45) is 0. The fraction of sp³-hybridized carbons (Fsp3) is 0.417. The number of rotatable bonds is 2. The fourth-order valence-corrected chi connectivity index (χ4v) is 2.48. The van der Waals surface area contributed by atoms with Gasteiger partial charge in [0, 0.05) is 6.54 Å². The summed E-state index contributed by atoms with van der Waals surface area (Å²) >= 11 is 12.0. The van der Waals surface area contributed by atoms with Gasteiger partial charge in [-0.05, 0) is 12.1 Å². The Labute approximate surface area is 115 Å². The molecule has 4 nitrogen and oxygen atoms in total. The quantitative estimate of drug-likeness (QED) is 0.904. The summed E-state index contributed by atoms with van der Waals surface area (Å²) in [5, 5.41) is 9.89. The van der Waals surface area contributed by atoms with Crippen molar-refractivity contribution in [1.82, 2.24) is 4.90 Å². The number of ether oxygens (including phenoxy) is 1. The van der Waals surface area contributed by atoms with Gasteiger partial charge in [-0.25, -0.2) is 0 Å². The maximum atomic E-state index is 12.4. The van der Waals surface area contributed by atoms with E-state index in [1.807, 2.05) is 0 Å². The highest BCUT2D eigenvalue weighted by Crippen LogP contribution is 2.26. The van der Waals surface area contributed by atoms with Crippen molar-refractivity contribution in [2.24, 2.45) is 0 Å². The van der Waals surface area contributed by atoms with Crippen molar-refractivity contribution in [3.63, 3.8) is 0 Å². The predicted molar refractivity (Wildman–Crippen MR) is 69.2 cm³/mol. The van der Waals surface area contributed by atoms with E-state index in [9.17, 15) is 9.90 Å². The molecule has 1 aliphatic heterocycles. The molecule has 1 atom stereocenters. The molecule has 6 heteroatoms. The Morgan fingerprint density at radius 1 is 1.44 bits per heavy atom. The molecule has 1 N–H and O–H groups in total. The van der Waals surface area contributed by atoms with Crippen molar-refractivity contribution in [3.8, 4) is 0 Å². The van der Waals surface area contributed by atoms with E-state index >= 15 is 0 Å². The van der Waals surface area contributed by atoms with Crippen LogP contribution in [-0.4, -0.2) is 48.3 Å². The van der Waals surface area contributed by atoms with Gasteiger partial charge in [0.15, 0.2) is 0 Å².